The summed E-state index contributed by atoms with van der Waals surface area (Å²) in [6.07, 6.45) is 7.37. The molecule has 0 radical (unpaired) electrons. The van der Waals surface area contributed by atoms with Crippen LogP contribution in [0.3, 0.4) is 0 Å². The molecule has 1 aliphatic heterocycles. The fourth-order valence-electron chi connectivity index (χ4n) is 3.89. The maximum Gasteiger partial charge on any atom is 0.257 e. The lowest BCUT2D eigenvalue weighted by Crippen LogP contribution is -2.60. The SMILES string of the molecule is CC(C)N1CCC(N[C@@H]2CC[C@@H]2NC(=O)c2cn[nH]c2-n2cnnn2)CC1. The van der Waals surface area contributed by atoms with E-state index in [0.717, 1.165) is 25.9 Å². The monoisotopic (exact) mass is 373 g/mol. The first-order valence-corrected chi connectivity index (χ1v) is 9.69. The first-order valence-electron chi connectivity index (χ1n) is 9.69. The molecule has 27 heavy (non-hydrogen) atoms. The Bertz CT molecular complexity index is 748. The van der Waals surface area contributed by atoms with Crippen LogP contribution in [0.4, 0.5) is 0 Å². The van der Waals surface area contributed by atoms with Gasteiger partial charge in [-0.2, -0.15) is 9.78 Å². The van der Waals surface area contributed by atoms with Crippen molar-refractivity contribution in [1.29, 1.82) is 0 Å². The summed E-state index contributed by atoms with van der Waals surface area (Å²) in [6, 6.07) is 1.65. The van der Waals surface area contributed by atoms with E-state index >= 15 is 0 Å². The lowest BCUT2D eigenvalue weighted by molar-refractivity contribution is 0.0873. The van der Waals surface area contributed by atoms with E-state index in [1.807, 2.05) is 0 Å². The third-order valence-corrected chi connectivity index (χ3v) is 5.74. The highest BCUT2D eigenvalue weighted by atomic mass is 16.1. The molecule has 2 aliphatic rings. The van der Waals surface area contributed by atoms with Crippen molar-refractivity contribution in [2.45, 2.75) is 63.7 Å². The summed E-state index contributed by atoms with van der Waals surface area (Å²) < 4.78 is 1.40. The third kappa shape index (κ3) is 3.86. The summed E-state index contributed by atoms with van der Waals surface area (Å²) in [7, 11) is 0. The van der Waals surface area contributed by atoms with Crippen LogP contribution in [0, 0.1) is 0 Å². The molecule has 2 aromatic rings. The molecule has 1 saturated carbocycles. The highest BCUT2D eigenvalue weighted by Gasteiger charge is 2.35. The second-order valence-corrected chi connectivity index (χ2v) is 7.72. The number of amides is 1. The largest absolute Gasteiger partial charge is 0.348 e. The summed E-state index contributed by atoms with van der Waals surface area (Å²) in [4.78, 5) is 15.2. The van der Waals surface area contributed by atoms with E-state index in [-0.39, 0.29) is 11.9 Å². The number of carbonyl (C=O) groups excluding carboxylic acids is 1. The van der Waals surface area contributed by atoms with Crippen molar-refractivity contribution in [3.63, 3.8) is 0 Å². The molecule has 146 valence electrons. The Morgan fingerprint density at radius 1 is 1.22 bits per heavy atom. The van der Waals surface area contributed by atoms with Gasteiger partial charge in [-0.15, -0.1) is 5.10 Å². The quantitative estimate of drug-likeness (QED) is 0.658. The smallest absolute Gasteiger partial charge is 0.257 e. The van der Waals surface area contributed by atoms with Crippen molar-refractivity contribution < 1.29 is 4.79 Å². The van der Waals surface area contributed by atoms with Crippen molar-refractivity contribution >= 4 is 5.91 Å². The van der Waals surface area contributed by atoms with Crippen molar-refractivity contribution in [3.05, 3.63) is 18.1 Å². The van der Waals surface area contributed by atoms with Gasteiger partial charge < -0.3 is 15.5 Å². The van der Waals surface area contributed by atoms with Crippen LogP contribution in [-0.4, -0.2) is 78.5 Å². The number of carbonyl (C=O) groups is 1. The maximum absolute atomic E-state index is 12.7. The normalized spacial score (nSPS) is 24.1. The molecule has 0 spiro atoms. The zero-order chi connectivity index (χ0) is 18.8. The lowest BCUT2D eigenvalue weighted by atomic mass is 9.84. The van der Waals surface area contributed by atoms with Gasteiger partial charge in [-0.25, -0.2) is 0 Å². The minimum Gasteiger partial charge on any atom is -0.348 e. The minimum absolute atomic E-state index is 0.150. The molecule has 2 fully saturated rings. The molecule has 0 aromatic carbocycles. The topological polar surface area (TPSA) is 117 Å². The fourth-order valence-corrected chi connectivity index (χ4v) is 3.89. The number of tetrazole rings is 1. The second kappa shape index (κ2) is 7.73. The van der Waals surface area contributed by atoms with Crippen LogP contribution in [0.15, 0.2) is 12.5 Å². The maximum atomic E-state index is 12.7. The van der Waals surface area contributed by atoms with E-state index in [0.29, 0.717) is 29.5 Å². The van der Waals surface area contributed by atoms with Crippen LogP contribution in [0.1, 0.15) is 49.9 Å². The number of nitrogens with zero attached hydrogens (tertiary/aromatic N) is 6. The van der Waals surface area contributed by atoms with Gasteiger partial charge in [-0.3, -0.25) is 9.89 Å². The zero-order valence-electron chi connectivity index (χ0n) is 15.8. The minimum atomic E-state index is -0.152. The van der Waals surface area contributed by atoms with Gasteiger partial charge in [0.15, 0.2) is 5.82 Å². The Balaban J connectivity index is 1.31. The number of H-pyrrole nitrogens is 1. The van der Waals surface area contributed by atoms with Crippen molar-refractivity contribution in [2.75, 3.05) is 13.1 Å². The molecule has 10 nitrogen and oxygen atoms in total. The number of hydrogen-bond acceptors (Lipinski definition) is 7. The zero-order valence-corrected chi connectivity index (χ0v) is 15.8. The number of nitrogens with one attached hydrogen (secondary N) is 3. The van der Waals surface area contributed by atoms with Gasteiger partial charge in [0.1, 0.15) is 11.9 Å². The molecule has 4 rings (SSSR count). The highest BCUT2D eigenvalue weighted by molar-refractivity contribution is 5.97. The van der Waals surface area contributed by atoms with Crippen LogP contribution in [0.2, 0.25) is 0 Å². The second-order valence-electron chi connectivity index (χ2n) is 7.72. The van der Waals surface area contributed by atoms with Gasteiger partial charge in [0, 0.05) is 24.2 Å². The molecule has 1 saturated heterocycles. The van der Waals surface area contributed by atoms with E-state index in [9.17, 15) is 4.79 Å². The fraction of sp³-hybridized carbons (Fsp3) is 0.706. The molecule has 0 bridgehead atoms. The molecule has 3 heterocycles. The average Bonchev–Trinajstić information content (AvgIpc) is 3.34. The third-order valence-electron chi connectivity index (χ3n) is 5.74. The van der Waals surface area contributed by atoms with Crippen molar-refractivity contribution in [1.82, 2.24) is 45.9 Å². The van der Waals surface area contributed by atoms with E-state index in [1.54, 1.807) is 0 Å². The predicted molar refractivity (Wildman–Crippen MR) is 98.4 cm³/mol. The Morgan fingerprint density at radius 3 is 2.63 bits per heavy atom. The van der Waals surface area contributed by atoms with Crippen LogP contribution in [0.5, 0.6) is 0 Å². The summed E-state index contributed by atoms with van der Waals surface area (Å²) in [6.45, 7) is 6.79. The standard InChI is InChI=1S/C17H27N9O/c1-11(2)25-7-5-12(6-8-25)20-14-3-4-15(14)21-17(27)13-9-18-22-16(13)26-10-19-23-24-26/h9-12,14-15,20H,3-8H2,1-2H3,(H,18,22)(H,21,27)/t14-,15+/m1/s1. The summed E-state index contributed by atoms with van der Waals surface area (Å²) in [5, 5.41) is 24.6. The molecular formula is C17H27N9O. The van der Waals surface area contributed by atoms with Crippen LogP contribution in [0.25, 0.3) is 5.82 Å². The van der Waals surface area contributed by atoms with E-state index in [4.69, 9.17) is 0 Å². The number of aromatic amines is 1. The van der Waals surface area contributed by atoms with Crippen LogP contribution >= 0.6 is 0 Å². The number of likely N-dealkylation sites (tertiary alicyclic amines) is 1. The van der Waals surface area contributed by atoms with Gasteiger partial charge >= 0.3 is 0 Å². The van der Waals surface area contributed by atoms with Crippen LogP contribution in [-0.2, 0) is 0 Å². The van der Waals surface area contributed by atoms with Gasteiger partial charge in [0.05, 0.1) is 6.20 Å². The Morgan fingerprint density at radius 2 is 2.00 bits per heavy atom. The Hall–Kier alpha value is -2.33. The van der Waals surface area contributed by atoms with Gasteiger partial charge in [-0.1, -0.05) is 0 Å². The summed E-state index contributed by atoms with van der Waals surface area (Å²) in [5.74, 6) is 0.322. The van der Waals surface area contributed by atoms with E-state index in [1.165, 1.54) is 30.0 Å². The molecule has 3 N–H and O–H groups in total. The van der Waals surface area contributed by atoms with Crippen molar-refractivity contribution in [2.24, 2.45) is 0 Å². The van der Waals surface area contributed by atoms with Gasteiger partial charge in [-0.05, 0) is 63.0 Å². The Labute approximate surface area is 158 Å². The number of rotatable bonds is 6. The Kier molecular flexibility index (Phi) is 5.17. The molecule has 2 atom stereocenters. The molecule has 1 amide bonds. The van der Waals surface area contributed by atoms with Gasteiger partial charge in [0.2, 0.25) is 0 Å². The molecule has 0 unspecified atom stereocenters. The average molecular weight is 373 g/mol. The number of aromatic nitrogens is 6. The van der Waals surface area contributed by atoms with E-state index < -0.39 is 0 Å². The number of hydrogen-bond donors (Lipinski definition) is 3. The molecule has 2 aromatic heterocycles. The number of piperidine rings is 1. The van der Waals surface area contributed by atoms with Crippen LogP contribution < -0.4 is 10.6 Å². The lowest BCUT2D eigenvalue weighted by Gasteiger charge is -2.42. The first-order chi connectivity index (χ1) is 13.1. The first kappa shape index (κ1) is 18.1. The van der Waals surface area contributed by atoms with Crippen molar-refractivity contribution in [3.8, 4) is 5.82 Å². The predicted octanol–water partition coefficient (Wildman–Crippen LogP) is 0.109. The highest BCUT2D eigenvalue weighted by Crippen LogP contribution is 2.24. The molecular weight excluding hydrogens is 346 g/mol. The van der Waals surface area contributed by atoms with Gasteiger partial charge in [0.25, 0.3) is 5.91 Å². The summed E-state index contributed by atoms with van der Waals surface area (Å²) >= 11 is 0. The molecule has 10 heteroatoms. The van der Waals surface area contributed by atoms with E-state index in [2.05, 4.69) is 55.1 Å². The molecule has 1 aliphatic carbocycles. The summed E-state index contributed by atoms with van der Waals surface area (Å²) in [5.41, 5.74) is 0.443.